The number of carbonyl (C=O) groups is 1. The Morgan fingerprint density at radius 2 is 1.76 bits per heavy atom. The molecular weight excluding hydrogens is 408 g/mol. The first-order valence-electron chi connectivity index (χ1n) is 11.7. The number of fused-ring (bicyclic) bond motifs is 1. The number of benzene rings is 3. The minimum atomic E-state index is -0.0690. The Morgan fingerprint density at radius 1 is 0.970 bits per heavy atom. The maximum atomic E-state index is 12.9. The van der Waals surface area contributed by atoms with Crippen LogP contribution < -0.4 is 10.1 Å². The second kappa shape index (κ2) is 10.9. The van der Waals surface area contributed by atoms with E-state index in [1.54, 1.807) is 0 Å². The van der Waals surface area contributed by atoms with Gasteiger partial charge in [0.05, 0.1) is 0 Å². The van der Waals surface area contributed by atoms with Crippen molar-refractivity contribution in [3.8, 4) is 5.75 Å². The van der Waals surface area contributed by atoms with Crippen molar-refractivity contribution in [3.05, 3.63) is 102 Å². The number of aromatic amines is 1. The molecule has 0 bridgehead atoms. The molecule has 1 atom stereocenters. The molecule has 170 valence electrons. The summed E-state index contributed by atoms with van der Waals surface area (Å²) in [7, 11) is 0. The summed E-state index contributed by atoms with van der Waals surface area (Å²) in [5, 5.41) is 4.25. The van der Waals surface area contributed by atoms with E-state index < -0.39 is 0 Å². The van der Waals surface area contributed by atoms with Crippen LogP contribution in [0.5, 0.6) is 5.75 Å². The van der Waals surface area contributed by atoms with Gasteiger partial charge in [-0.1, -0.05) is 74.5 Å². The highest BCUT2D eigenvalue weighted by Crippen LogP contribution is 2.35. The van der Waals surface area contributed by atoms with Gasteiger partial charge >= 0.3 is 0 Å². The van der Waals surface area contributed by atoms with E-state index in [9.17, 15) is 4.79 Å². The number of rotatable bonds is 10. The van der Waals surface area contributed by atoms with Crippen molar-refractivity contribution in [2.75, 3.05) is 6.54 Å². The lowest BCUT2D eigenvalue weighted by Crippen LogP contribution is -2.27. The van der Waals surface area contributed by atoms with E-state index in [-0.39, 0.29) is 11.8 Å². The van der Waals surface area contributed by atoms with Crippen molar-refractivity contribution in [3.63, 3.8) is 0 Å². The number of amides is 1. The number of hydrogen-bond acceptors (Lipinski definition) is 2. The summed E-state index contributed by atoms with van der Waals surface area (Å²) in [6.07, 6.45) is 3.41. The highest BCUT2D eigenvalue weighted by molar-refractivity contribution is 5.86. The van der Waals surface area contributed by atoms with Crippen LogP contribution in [-0.2, 0) is 11.4 Å². The second-order valence-corrected chi connectivity index (χ2v) is 8.93. The molecule has 4 nitrogen and oxygen atoms in total. The zero-order valence-electron chi connectivity index (χ0n) is 19.4. The van der Waals surface area contributed by atoms with E-state index >= 15 is 0 Å². The van der Waals surface area contributed by atoms with Crippen LogP contribution in [0.3, 0.4) is 0 Å². The van der Waals surface area contributed by atoms with Crippen LogP contribution in [0.1, 0.15) is 49.3 Å². The van der Waals surface area contributed by atoms with Gasteiger partial charge in [0.15, 0.2) is 0 Å². The van der Waals surface area contributed by atoms with Gasteiger partial charge < -0.3 is 15.0 Å². The molecule has 0 aliphatic rings. The van der Waals surface area contributed by atoms with Gasteiger partial charge in [-0.05, 0) is 47.2 Å². The highest BCUT2D eigenvalue weighted by atomic mass is 16.5. The summed E-state index contributed by atoms with van der Waals surface area (Å²) in [6.45, 7) is 5.55. The normalized spacial score (nSPS) is 12.1. The minimum Gasteiger partial charge on any atom is -0.489 e. The predicted molar refractivity (Wildman–Crippen MR) is 134 cm³/mol. The van der Waals surface area contributed by atoms with E-state index in [4.69, 9.17) is 4.74 Å². The van der Waals surface area contributed by atoms with Crippen molar-refractivity contribution in [1.82, 2.24) is 10.3 Å². The first-order chi connectivity index (χ1) is 16.1. The van der Waals surface area contributed by atoms with Gasteiger partial charge in [0.2, 0.25) is 5.91 Å². The van der Waals surface area contributed by atoms with Gasteiger partial charge in [-0.25, -0.2) is 0 Å². The maximum Gasteiger partial charge on any atom is 0.220 e. The molecule has 1 heterocycles. The Morgan fingerprint density at radius 3 is 2.58 bits per heavy atom. The van der Waals surface area contributed by atoms with E-state index in [2.05, 4.69) is 60.5 Å². The summed E-state index contributed by atoms with van der Waals surface area (Å²) < 4.78 is 6.08. The van der Waals surface area contributed by atoms with Crippen molar-refractivity contribution in [2.45, 2.75) is 39.2 Å². The molecule has 0 aliphatic carbocycles. The molecule has 0 fully saturated rings. The molecule has 0 spiro atoms. The Balaban J connectivity index is 1.58. The quantitative estimate of drug-likeness (QED) is 0.298. The van der Waals surface area contributed by atoms with Gasteiger partial charge in [-0.2, -0.15) is 0 Å². The Labute approximate surface area is 196 Å². The van der Waals surface area contributed by atoms with Gasteiger partial charge in [0.25, 0.3) is 0 Å². The fourth-order valence-electron chi connectivity index (χ4n) is 4.11. The molecule has 4 aromatic rings. The standard InChI is InChI=1S/C29H32N2O2/c1-21(2)15-16-30-29(32)18-26(27-19-31-28-14-7-6-13-25(27)28)23-11-8-12-24(17-23)33-20-22-9-4-3-5-10-22/h3-14,17,19,21,26,31H,15-16,18,20H2,1-2H3,(H,30,32)/t26-/m0/s1. The number of H-pyrrole nitrogens is 1. The summed E-state index contributed by atoms with van der Waals surface area (Å²) in [4.78, 5) is 16.3. The van der Waals surface area contributed by atoms with Crippen LogP contribution in [0.15, 0.2) is 85.1 Å². The van der Waals surface area contributed by atoms with Crippen LogP contribution in [0, 0.1) is 5.92 Å². The SMILES string of the molecule is CC(C)CCNC(=O)C[C@@H](c1cccc(OCc2ccccc2)c1)c1c[nH]c2ccccc12. The Kier molecular flexibility index (Phi) is 7.46. The molecule has 0 unspecified atom stereocenters. The van der Waals surface area contributed by atoms with Crippen molar-refractivity contribution in [1.29, 1.82) is 0 Å². The van der Waals surface area contributed by atoms with Crippen LogP contribution in [0.4, 0.5) is 0 Å². The number of para-hydroxylation sites is 1. The lowest BCUT2D eigenvalue weighted by molar-refractivity contribution is -0.121. The molecule has 0 aliphatic heterocycles. The maximum absolute atomic E-state index is 12.9. The average molecular weight is 441 g/mol. The van der Waals surface area contributed by atoms with Crippen LogP contribution in [0.25, 0.3) is 10.9 Å². The molecule has 4 rings (SSSR count). The molecule has 0 saturated heterocycles. The fraction of sp³-hybridized carbons (Fsp3) is 0.276. The Hall–Kier alpha value is -3.53. The van der Waals surface area contributed by atoms with E-state index in [1.807, 2.05) is 48.7 Å². The van der Waals surface area contributed by atoms with Gasteiger partial charge in [-0.15, -0.1) is 0 Å². The predicted octanol–water partition coefficient (Wildman–Crippen LogP) is 6.43. The lowest BCUT2D eigenvalue weighted by atomic mass is 9.88. The summed E-state index contributed by atoms with van der Waals surface area (Å²) in [6, 6.07) is 26.5. The van der Waals surface area contributed by atoms with Gasteiger partial charge in [-0.3, -0.25) is 4.79 Å². The first kappa shape index (κ1) is 22.7. The monoisotopic (exact) mass is 440 g/mol. The zero-order valence-corrected chi connectivity index (χ0v) is 19.4. The molecule has 3 aromatic carbocycles. The second-order valence-electron chi connectivity index (χ2n) is 8.93. The third-order valence-electron chi connectivity index (χ3n) is 5.94. The van der Waals surface area contributed by atoms with Crippen LogP contribution in [0.2, 0.25) is 0 Å². The van der Waals surface area contributed by atoms with Gasteiger partial charge in [0, 0.05) is 36.0 Å². The topological polar surface area (TPSA) is 54.1 Å². The molecule has 0 radical (unpaired) electrons. The number of hydrogen-bond donors (Lipinski definition) is 2. The molecular formula is C29H32N2O2. The van der Waals surface area contributed by atoms with E-state index in [0.29, 0.717) is 25.5 Å². The zero-order chi connectivity index (χ0) is 23.0. The average Bonchev–Trinajstić information content (AvgIpc) is 3.26. The van der Waals surface area contributed by atoms with E-state index in [1.165, 1.54) is 0 Å². The van der Waals surface area contributed by atoms with Gasteiger partial charge in [0.1, 0.15) is 12.4 Å². The lowest BCUT2D eigenvalue weighted by Gasteiger charge is -2.19. The number of carbonyl (C=O) groups excluding carboxylic acids is 1. The summed E-state index contributed by atoms with van der Waals surface area (Å²) >= 11 is 0. The van der Waals surface area contributed by atoms with E-state index in [0.717, 1.165) is 39.8 Å². The minimum absolute atomic E-state index is 0.0690. The van der Waals surface area contributed by atoms with Crippen molar-refractivity contribution < 1.29 is 9.53 Å². The van der Waals surface area contributed by atoms with Crippen molar-refractivity contribution >= 4 is 16.8 Å². The molecule has 33 heavy (non-hydrogen) atoms. The number of nitrogens with one attached hydrogen (secondary N) is 2. The highest BCUT2D eigenvalue weighted by Gasteiger charge is 2.22. The summed E-state index contributed by atoms with van der Waals surface area (Å²) in [5.74, 6) is 1.37. The largest absolute Gasteiger partial charge is 0.489 e. The molecule has 1 aromatic heterocycles. The van der Waals surface area contributed by atoms with Crippen molar-refractivity contribution in [2.24, 2.45) is 5.92 Å². The molecule has 2 N–H and O–H groups in total. The first-order valence-corrected chi connectivity index (χ1v) is 11.7. The number of aromatic nitrogens is 1. The third-order valence-corrected chi connectivity index (χ3v) is 5.94. The number of ether oxygens (including phenoxy) is 1. The van der Waals surface area contributed by atoms with Crippen LogP contribution in [-0.4, -0.2) is 17.4 Å². The molecule has 4 heteroatoms. The summed E-state index contributed by atoms with van der Waals surface area (Å²) in [5.41, 5.74) is 4.41. The fourth-order valence-corrected chi connectivity index (χ4v) is 4.11. The Bertz CT molecular complexity index is 1180. The van der Waals surface area contributed by atoms with Crippen LogP contribution >= 0.6 is 0 Å². The smallest absolute Gasteiger partial charge is 0.220 e. The molecule has 0 saturated carbocycles. The molecule has 1 amide bonds. The third kappa shape index (κ3) is 6.04.